The molecule has 4 nitrogen and oxygen atoms in total. The number of Topliss-reactive ketones (excluding diaryl/α,β-unsaturated/α-hetero) is 1. The van der Waals surface area contributed by atoms with Crippen molar-refractivity contribution >= 4 is 17.6 Å². The molecule has 3 fully saturated rings. The molecule has 1 heterocycles. The van der Waals surface area contributed by atoms with Gasteiger partial charge in [0.25, 0.3) is 0 Å². The fourth-order valence-corrected chi connectivity index (χ4v) is 6.88. The monoisotopic (exact) mass is 364 g/mol. The number of H-pyrrole nitrogens is 1. The molecule has 27 heavy (non-hydrogen) atoms. The lowest BCUT2D eigenvalue weighted by molar-refractivity contribution is -0.130. The van der Waals surface area contributed by atoms with Crippen LogP contribution in [0.15, 0.2) is 29.6 Å². The molecule has 142 valence electrons. The van der Waals surface area contributed by atoms with Crippen molar-refractivity contribution in [3.63, 3.8) is 0 Å². The topological polar surface area (TPSA) is 62.8 Å². The zero-order valence-electron chi connectivity index (χ0n) is 16.3. The van der Waals surface area contributed by atoms with Gasteiger partial charge in [0.15, 0.2) is 11.6 Å². The SMILES string of the molecule is C[C@]12CCC(=O)C=C1CCC1C2CC[C@]2(C)C(=O)/C(=C/c3ncc[nH]3)CC12. The number of fused-ring (bicyclic) bond motifs is 5. The zero-order chi connectivity index (χ0) is 18.8. The number of rotatable bonds is 1. The average Bonchev–Trinajstić information content (AvgIpc) is 3.24. The zero-order valence-corrected chi connectivity index (χ0v) is 16.3. The number of aromatic nitrogens is 2. The first-order valence-electron chi connectivity index (χ1n) is 10.4. The summed E-state index contributed by atoms with van der Waals surface area (Å²) in [5.74, 6) is 3.06. The van der Waals surface area contributed by atoms with E-state index in [2.05, 4.69) is 23.8 Å². The molecule has 4 aliphatic rings. The predicted molar refractivity (Wildman–Crippen MR) is 104 cm³/mol. The summed E-state index contributed by atoms with van der Waals surface area (Å²) >= 11 is 0. The Morgan fingerprint density at radius 1 is 1.11 bits per heavy atom. The summed E-state index contributed by atoms with van der Waals surface area (Å²) in [6.07, 6.45) is 14.3. The van der Waals surface area contributed by atoms with Gasteiger partial charge in [-0.15, -0.1) is 0 Å². The van der Waals surface area contributed by atoms with Crippen molar-refractivity contribution in [2.45, 2.75) is 58.8 Å². The van der Waals surface area contributed by atoms with Crippen LogP contribution in [0.5, 0.6) is 0 Å². The molecule has 4 aliphatic carbocycles. The summed E-state index contributed by atoms with van der Waals surface area (Å²) in [7, 11) is 0. The third-order valence-corrected chi connectivity index (χ3v) is 8.43. The van der Waals surface area contributed by atoms with Gasteiger partial charge in [0.05, 0.1) is 0 Å². The molecule has 0 aromatic carbocycles. The smallest absolute Gasteiger partial charge is 0.165 e. The highest BCUT2D eigenvalue weighted by Gasteiger charge is 2.60. The second kappa shape index (κ2) is 5.76. The number of hydrogen-bond acceptors (Lipinski definition) is 3. The van der Waals surface area contributed by atoms with E-state index in [4.69, 9.17) is 0 Å². The minimum Gasteiger partial charge on any atom is -0.345 e. The van der Waals surface area contributed by atoms with Crippen molar-refractivity contribution in [3.05, 3.63) is 35.4 Å². The van der Waals surface area contributed by atoms with Gasteiger partial charge in [0.1, 0.15) is 5.82 Å². The molecular formula is C23H28N2O2. The summed E-state index contributed by atoms with van der Waals surface area (Å²) in [4.78, 5) is 32.6. The maximum atomic E-state index is 13.3. The number of nitrogens with zero attached hydrogens (tertiary/aromatic N) is 1. The van der Waals surface area contributed by atoms with Gasteiger partial charge in [-0.05, 0) is 79.4 Å². The highest BCUT2D eigenvalue weighted by Crippen LogP contribution is 2.65. The fraction of sp³-hybridized carbons (Fsp3) is 0.609. The lowest BCUT2D eigenvalue weighted by Gasteiger charge is -2.56. The molecule has 0 radical (unpaired) electrons. The Kier molecular flexibility index (Phi) is 3.66. The number of hydrogen-bond donors (Lipinski definition) is 1. The minimum absolute atomic E-state index is 0.161. The van der Waals surface area contributed by atoms with Crippen LogP contribution in [0, 0.1) is 28.6 Å². The number of imidazole rings is 1. The van der Waals surface area contributed by atoms with Gasteiger partial charge in [0, 0.05) is 24.2 Å². The van der Waals surface area contributed by atoms with Gasteiger partial charge < -0.3 is 4.98 Å². The van der Waals surface area contributed by atoms with Crippen molar-refractivity contribution in [1.82, 2.24) is 9.97 Å². The van der Waals surface area contributed by atoms with E-state index in [1.807, 2.05) is 12.2 Å². The minimum atomic E-state index is -0.221. The Balaban J connectivity index is 1.49. The fourth-order valence-electron chi connectivity index (χ4n) is 6.88. The highest BCUT2D eigenvalue weighted by molar-refractivity contribution is 6.05. The molecule has 5 atom stereocenters. The summed E-state index contributed by atoms with van der Waals surface area (Å²) in [5, 5.41) is 0. The van der Waals surface area contributed by atoms with E-state index >= 15 is 0 Å². The molecule has 4 heteroatoms. The molecule has 0 amide bonds. The lowest BCUT2D eigenvalue weighted by atomic mass is 9.47. The van der Waals surface area contributed by atoms with E-state index in [1.54, 1.807) is 12.4 Å². The van der Waals surface area contributed by atoms with Gasteiger partial charge in [0.2, 0.25) is 0 Å². The quantitative estimate of drug-likeness (QED) is 0.746. The van der Waals surface area contributed by atoms with Crippen LogP contribution < -0.4 is 0 Å². The molecule has 1 aromatic heterocycles. The molecule has 0 saturated heterocycles. The lowest BCUT2D eigenvalue weighted by Crippen LogP contribution is -2.50. The van der Waals surface area contributed by atoms with Gasteiger partial charge in [-0.3, -0.25) is 9.59 Å². The Labute approximate surface area is 160 Å². The summed E-state index contributed by atoms with van der Waals surface area (Å²) in [5.41, 5.74) is 2.28. The number of aromatic amines is 1. The maximum Gasteiger partial charge on any atom is 0.165 e. The van der Waals surface area contributed by atoms with Gasteiger partial charge in [-0.25, -0.2) is 4.98 Å². The Hall–Kier alpha value is -1.97. The van der Waals surface area contributed by atoms with E-state index in [0.717, 1.165) is 49.9 Å². The van der Waals surface area contributed by atoms with E-state index in [9.17, 15) is 9.59 Å². The Bertz CT molecular complexity index is 865. The maximum absolute atomic E-state index is 13.3. The number of carbonyl (C=O) groups is 2. The third kappa shape index (κ3) is 2.38. The Morgan fingerprint density at radius 2 is 1.96 bits per heavy atom. The Morgan fingerprint density at radius 3 is 2.74 bits per heavy atom. The van der Waals surface area contributed by atoms with Crippen molar-refractivity contribution < 1.29 is 9.59 Å². The van der Waals surface area contributed by atoms with Crippen LogP contribution in [0.1, 0.15) is 64.6 Å². The number of nitrogens with one attached hydrogen (secondary N) is 1. The third-order valence-electron chi connectivity index (χ3n) is 8.43. The van der Waals surface area contributed by atoms with Crippen LogP contribution in [0.25, 0.3) is 6.08 Å². The first-order chi connectivity index (χ1) is 12.9. The number of ketones is 2. The molecule has 5 rings (SSSR count). The van der Waals surface area contributed by atoms with Crippen LogP contribution in [-0.4, -0.2) is 21.5 Å². The second-order valence-corrected chi connectivity index (χ2v) is 9.60. The predicted octanol–water partition coefficient (Wildman–Crippen LogP) is 4.50. The molecule has 0 aliphatic heterocycles. The molecular weight excluding hydrogens is 336 g/mol. The second-order valence-electron chi connectivity index (χ2n) is 9.60. The summed E-state index contributed by atoms with van der Waals surface area (Å²) in [6.45, 7) is 4.60. The highest BCUT2D eigenvalue weighted by atomic mass is 16.1. The van der Waals surface area contributed by atoms with Gasteiger partial charge >= 0.3 is 0 Å². The van der Waals surface area contributed by atoms with Gasteiger partial charge in [-0.1, -0.05) is 19.4 Å². The molecule has 0 bridgehead atoms. The number of allylic oxidation sites excluding steroid dienone is 2. The first-order valence-corrected chi connectivity index (χ1v) is 10.4. The molecule has 3 saturated carbocycles. The standard InChI is InChI=1S/C23H28N2O2/c1-22-7-5-16(26)13-15(22)3-4-17-18(22)6-8-23(2)19(17)11-14(21(23)27)12-20-24-9-10-25-20/h9-10,12-13,17-19H,3-8,11H2,1-2H3,(H,24,25)/b14-12+/t17?,18?,19?,22-,23-/m0/s1. The molecule has 0 spiro atoms. The van der Waals surface area contributed by atoms with Crippen molar-refractivity contribution in [2.75, 3.05) is 0 Å². The molecule has 1 N–H and O–H groups in total. The number of carbonyl (C=O) groups excluding carboxylic acids is 2. The normalized spacial score (nSPS) is 42.5. The first kappa shape index (κ1) is 17.2. The largest absolute Gasteiger partial charge is 0.345 e. The summed E-state index contributed by atoms with van der Waals surface area (Å²) < 4.78 is 0. The van der Waals surface area contributed by atoms with Crippen molar-refractivity contribution in [2.24, 2.45) is 28.6 Å². The van der Waals surface area contributed by atoms with Crippen LogP contribution >= 0.6 is 0 Å². The average molecular weight is 364 g/mol. The van der Waals surface area contributed by atoms with Crippen molar-refractivity contribution in [1.29, 1.82) is 0 Å². The van der Waals surface area contributed by atoms with E-state index < -0.39 is 0 Å². The van der Waals surface area contributed by atoms with Crippen LogP contribution in [0.4, 0.5) is 0 Å². The molecule has 3 unspecified atom stereocenters. The van der Waals surface area contributed by atoms with E-state index in [1.165, 1.54) is 5.57 Å². The van der Waals surface area contributed by atoms with E-state index in [0.29, 0.717) is 35.7 Å². The van der Waals surface area contributed by atoms with Crippen molar-refractivity contribution in [3.8, 4) is 0 Å². The summed E-state index contributed by atoms with van der Waals surface area (Å²) in [6, 6.07) is 0. The van der Waals surface area contributed by atoms with Crippen LogP contribution in [0.2, 0.25) is 0 Å². The molecule has 1 aromatic rings. The van der Waals surface area contributed by atoms with Crippen LogP contribution in [-0.2, 0) is 9.59 Å². The van der Waals surface area contributed by atoms with Gasteiger partial charge in [-0.2, -0.15) is 0 Å². The van der Waals surface area contributed by atoms with Crippen LogP contribution in [0.3, 0.4) is 0 Å². The van der Waals surface area contributed by atoms with E-state index in [-0.39, 0.29) is 10.8 Å².